The van der Waals surface area contributed by atoms with E-state index in [1.807, 2.05) is 0 Å². The molecule has 8 heteroatoms. The maximum atomic E-state index is 12.2. The van der Waals surface area contributed by atoms with E-state index in [0.717, 1.165) is 44.3 Å². The Hall–Kier alpha value is -0.650. The smallest absolute Gasteiger partial charge is 0.327 e. The van der Waals surface area contributed by atoms with Gasteiger partial charge in [0.05, 0.1) is 0 Å². The van der Waals surface area contributed by atoms with Crippen LogP contribution in [0.2, 0.25) is 0 Å². The van der Waals surface area contributed by atoms with Gasteiger partial charge in [0.15, 0.2) is 6.10 Å². The van der Waals surface area contributed by atoms with E-state index in [1.54, 1.807) is 0 Å². The summed E-state index contributed by atoms with van der Waals surface area (Å²) in [7, 11) is -0.483. The third kappa shape index (κ3) is 30.3. The summed E-state index contributed by atoms with van der Waals surface area (Å²) in [5.41, 5.74) is 0. The summed E-state index contributed by atoms with van der Waals surface area (Å²) >= 11 is 4.24. The predicted molar refractivity (Wildman–Crippen MR) is 169 cm³/mol. The lowest BCUT2D eigenvalue weighted by Crippen LogP contribution is -2.28. The normalized spacial score (nSPS) is 12.1. The highest BCUT2D eigenvalue weighted by Crippen LogP contribution is 2.14. The van der Waals surface area contributed by atoms with Crippen molar-refractivity contribution in [1.29, 1.82) is 0 Å². The van der Waals surface area contributed by atoms with Crippen molar-refractivity contribution in [3.05, 3.63) is 0 Å². The monoisotopic (exact) mass is 604 g/mol. The van der Waals surface area contributed by atoms with Gasteiger partial charge in [-0.3, -0.25) is 14.1 Å². The second-order valence-corrected chi connectivity index (χ2v) is 12.0. The van der Waals surface area contributed by atoms with E-state index in [9.17, 15) is 14.2 Å². The van der Waals surface area contributed by atoms with Gasteiger partial charge in [-0.25, -0.2) is 4.57 Å². The van der Waals surface area contributed by atoms with Crippen molar-refractivity contribution in [2.24, 2.45) is 0 Å². The molecule has 0 bridgehead atoms. The van der Waals surface area contributed by atoms with Crippen LogP contribution in [0.3, 0.4) is 0 Å². The van der Waals surface area contributed by atoms with Crippen LogP contribution in [0.5, 0.6) is 0 Å². The molecule has 6 nitrogen and oxygen atoms in total. The number of carbonyl (C=O) groups is 2. The van der Waals surface area contributed by atoms with E-state index in [1.165, 1.54) is 109 Å². The Morgan fingerprint density at radius 1 is 0.575 bits per heavy atom. The Morgan fingerprint density at radius 2 is 0.975 bits per heavy atom. The first-order valence-corrected chi connectivity index (χ1v) is 17.9. The van der Waals surface area contributed by atoms with Gasteiger partial charge in [-0.05, 0) is 25.0 Å². The highest BCUT2D eigenvalue weighted by molar-refractivity contribution is 7.80. The van der Waals surface area contributed by atoms with Crippen molar-refractivity contribution in [1.82, 2.24) is 0 Å². The summed E-state index contributed by atoms with van der Waals surface area (Å²) in [4.78, 5) is 24.3. The average Bonchev–Trinajstić information content (AvgIpc) is 2.95. The molecule has 0 saturated carbocycles. The van der Waals surface area contributed by atoms with Crippen LogP contribution in [0, 0.1) is 0 Å². The Morgan fingerprint density at radius 3 is 1.40 bits per heavy atom. The van der Waals surface area contributed by atoms with Crippen LogP contribution in [0.4, 0.5) is 0 Å². The van der Waals surface area contributed by atoms with Crippen molar-refractivity contribution >= 4 is 33.3 Å². The van der Waals surface area contributed by atoms with Gasteiger partial charge in [0.2, 0.25) is 0 Å². The van der Waals surface area contributed by atoms with E-state index in [-0.39, 0.29) is 25.2 Å². The number of esters is 2. The molecule has 40 heavy (non-hydrogen) atoms. The fraction of sp³-hybridized carbons (Fsp3) is 0.938. The lowest BCUT2D eigenvalue weighted by atomic mass is 10.0. The SMILES string of the molecule is CCCCCCCCCCCCCCCC(=O)O[C@@H](COP=O)COC(=O)CCCCCCCCCCCCS. The quantitative estimate of drug-likeness (QED) is 0.0356. The fourth-order valence-corrected chi connectivity index (χ4v) is 5.27. The van der Waals surface area contributed by atoms with E-state index in [4.69, 9.17) is 14.0 Å². The molecule has 0 spiro atoms. The maximum Gasteiger partial charge on any atom is 0.327 e. The van der Waals surface area contributed by atoms with Crippen LogP contribution in [-0.4, -0.2) is 37.0 Å². The zero-order valence-electron chi connectivity index (χ0n) is 25.7. The number of hydrogen-bond acceptors (Lipinski definition) is 7. The number of thiol groups is 1. The number of hydrogen-bond donors (Lipinski definition) is 1. The molecule has 1 atom stereocenters. The number of rotatable bonds is 32. The number of carbonyl (C=O) groups excluding carboxylic acids is 2. The zero-order chi connectivity index (χ0) is 29.4. The molecule has 0 amide bonds. The van der Waals surface area contributed by atoms with Crippen molar-refractivity contribution in [3.63, 3.8) is 0 Å². The van der Waals surface area contributed by atoms with Gasteiger partial charge in [0.1, 0.15) is 13.2 Å². The van der Waals surface area contributed by atoms with Crippen molar-refractivity contribution < 1.29 is 28.2 Å². The van der Waals surface area contributed by atoms with E-state index in [0.29, 0.717) is 12.8 Å². The molecule has 0 heterocycles. The second-order valence-electron chi connectivity index (χ2n) is 11.2. The molecule has 0 fully saturated rings. The fourth-order valence-electron chi connectivity index (χ4n) is 4.82. The third-order valence-electron chi connectivity index (χ3n) is 7.31. The molecule has 0 aromatic rings. The molecule has 0 saturated heterocycles. The largest absolute Gasteiger partial charge is 0.462 e. The van der Waals surface area contributed by atoms with Crippen molar-refractivity contribution in [2.75, 3.05) is 19.0 Å². The molecule has 0 aliphatic heterocycles. The average molecular weight is 605 g/mol. The van der Waals surface area contributed by atoms with Crippen molar-refractivity contribution in [2.45, 2.75) is 174 Å². The van der Waals surface area contributed by atoms with Gasteiger partial charge < -0.3 is 9.47 Å². The summed E-state index contributed by atoms with van der Waals surface area (Å²) in [5, 5.41) is 0. The van der Waals surface area contributed by atoms with E-state index < -0.39 is 14.8 Å². The molecular weight excluding hydrogens is 543 g/mol. The molecule has 0 aromatic heterocycles. The molecule has 0 aromatic carbocycles. The summed E-state index contributed by atoms with van der Waals surface area (Å²) in [6.45, 7) is 2.13. The highest BCUT2D eigenvalue weighted by atomic mass is 32.1. The highest BCUT2D eigenvalue weighted by Gasteiger charge is 2.17. The van der Waals surface area contributed by atoms with Crippen LogP contribution in [-0.2, 0) is 28.2 Å². The van der Waals surface area contributed by atoms with Gasteiger partial charge in [-0.2, -0.15) is 12.6 Å². The Bertz CT molecular complexity index is 578. The Kier molecular flexibility index (Phi) is 32.3. The van der Waals surface area contributed by atoms with Crippen LogP contribution in [0.25, 0.3) is 0 Å². The molecule has 0 rings (SSSR count). The number of ether oxygens (including phenoxy) is 2. The van der Waals surface area contributed by atoms with Gasteiger partial charge in [0, 0.05) is 12.8 Å². The molecular formula is C32H61O6PS. The van der Waals surface area contributed by atoms with Crippen LogP contribution in [0.15, 0.2) is 0 Å². The molecule has 0 aliphatic rings. The molecule has 0 N–H and O–H groups in total. The zero-order valence-corrected chi connectivity index (χ0v) is 27.5. The minimum atomic E-state index is -0.729. The van der Waals surface area contributed by atoms with Crippen LogP contribution in [0.1, 0.15) is 167 Å². The summed E-state index contributed by atoms with van der Waals surface area (Å²) in [5.74, 6) is 0.375. The topological polar surface area (TPSA) is 78.9 Å². The minimum absolute atomic E-state index is 0.0582. The van der Waals surface area contributed by atoms with Gasteiger partial charge >= 0.3 is 20.6 Å². The second kappa shape index (κ2) is 32.9. The van der Waals surface area contributed by atoms with Gasteiger partial charge in [-0.1, -0.05) is 135 Å². The molecule has 0 unspecified atom stereocenters. The molecule has 0 aliphatic carbocycles. The van der Waals surface area contributed by atoms with Crippen LogP contribution < -0.4 is 0 Å². The Balaban J connectivity index is 3.76. The predicted octanol–water partition coefficient (Wildman–Crippen LogP) is 10.4. The first-order valence-electron chi connectivity index (χ1n) is 16.5. The summed E-state index contributed by atoms with van der Waals surface area (Å²) in [6.07, 6.45) is 28.1. The lowest BCUT2D eigenvalue weighted by molar-refractivity contribution is -0.160. The van der Waals surface area contributed by atoms with Gasteiger partial charge in [-0.15, -0.1) is 0 Å². The van der Waals surface area contributed by atoms with Crippen LogP contribution >= 0.6 is 21.3 Å². The van der Waals surface area contributed by atoms with Crippen molar-refractivity contribution in [3.8, 4) is 0 Å². The first-order chi connectivity index (χ1) is 19.6. The first kappa shape index (κ1) is 39.4. The standard InChI is InChI=1S/C32H61O6PS/c1-2-3-4-5-6-7-8-9-10-14-17-20-23-26-32(34)38-30(29-37-39-35)28-36-31(33)25-22-19-16-13-11-12-15-18-21-24-27-40/h30,40H,2-29H2,1H3/t30-/m1/s1. The van der Waals surface area contributed by atoms with E-state index in [2.05, 4.69) is 19.6 Å². The lowest BCUT2D eigenvalue weighted by Gasteiger charge is -2.16. The summed E-state index contributed by atoms with van der Waals surface area (Å²) in [6, 6.07) is 0. The third-order valence-corrected chi connectivity index (χ3v) is 7.89. The minimum Gasteiger partial charge on any atom is -0.462 e. The van der Waals surface area contributed by atoms with E-state index >= 15 is 0 Å². The maximum absolute atomic E-state index is 12.2. The molecule has 236 valence electrons. The Labute approximate surface area is 253 Å². The summed E-state index contributed by atoms with van der Waals surface area (Å²) < 4.78 is 26.3. The molecule has 0 radical (unpaired) electrons. The number of unbranched alkanes of at least 4 members (excludes halogenated alkanes) is 21. The van der Waals surface area contributed by atoms with Gasteiger partial charge in [0.25, 0.3) is 0 Å².